The van der Waals surface area contributed by atoms with E-state index in [1.165, 1.54) is 0 Å². The lowest BCUT2D eigenvalue weighted by molar-refractivity contribution is 0.660. The number of hydrogen-bond acceptors (Lipinski definition) is 1. The molecule has 0 unspecified atom stereocenters. The number of nitrogens with zero attached hydrogens (tertiary/aromatic N) is 2. The van der Waals surface area contributed by atoms with Gasteiger partial charge in [0.25, 0.3) is 0 Å². The third kappa shape index (κ3) is 7.10. The predicted octanol–water partition coefficient (Wildman–Crippen LogP) is 2.96. The largest absolute Gasteiger partial charge is 0.273 e. The van der Waals surface area contributed by atoms with E-state index in [4.69, 9.17) is 0 Å². The highest BCUT2D eigenvalue weighted by atomic mass is 15.2. The van der Waals surface area contributed by atoms with E-state index in [9.17, 15) is 0 Å². The Labute approximate surface area is 70.2 Å². The van der Waals surface area contributed by atoms with Gasteiger partial charge in [0.2, 0.25) is 0 Å². The molecular weight excluding hydrogens is 136 g/mol. The standard InChI is InChI=1S/C5H8N2.2C2H6/c1-2-7-5-3-4-6-7;2*1-2/h3-5H,2H2,1H3;2*1-2H3. The molecule has 1 heterocycles. The van der Waals surface area contributed by atoms with E-state index in [0.717, 1.165) is 6.54 Å². The lowest BCUT2D eigenvalue weighted by Crippen LogP contribution is -1.91. The molecule has 0 saturated carbocycles. The van der Waals surface area contributed by atoms with E-state index in [-0.39, 0.29) is 0 Å². The molecule has 1 aromatic heterocycles. The minimum absolute atomic E-state index is 0.965. The molecule has 0 aromatic carbocycles. The van der Waals surface area contributed by atoms with Crippen molar-refractivity contribution < 1.29 is 0 Å². The van der Waals surface area contributed by atoms with Crippen molar-refractivity contribution >= 4 is 0 Å². The van der Waals surface area contributed by atoms with Gasteiger partial charge in [-0.2, -0.15) is 5.10 Å². The molecule has 0 aliphatic carbocycles. The first-order chi connectivity index (χ1) is 5.43. The lowest BCUT2D eigenvalue weighted by atomic mass is 10.7. The van der Waals surface area contributed by atoms with Crippen LogP contribution in [0.5, 0.6) is 0 Å². The van der Waals surface area contributed by atoms with Crippen LogP contribution in [0.15, 0.2) is 18.5 Å². The zero-order valence-electron chi connectivity index (χ0n) is 8.33. The van der Waals surface area contributed by atoms with Crippen molar-refractivity contribution in [3.63, 3.8) is 0 Å². The van der Waals surface area contributed by atoms with Gasteiger partial charge in [-0.05, 0) is 13.0 Å². The summed E-state index contributed by atoms with van der Waals surface area (Å²) in [4.78, 5) is 0. The molecular formula is C9H20N2. The zero-order chi connectivity index (χ0) is 9.11. The van der Waals surface area contributed by atoms with Crippen molar-refractivity contribution in [1.82, 2.24) is 9.78 Å². The molecule has 0 spiro atoms. The molecule has 2 nitrogen and oxygen atoms in total. The number of hydrogen-bond donors (Lipinski definition) is 0. The summed E-state index contributed by atoms with van der Waals surface area (Å²) >= 11 is 0. The SMILES string of the molecule is CC.CC.CCn1cccn1. The van der Waals surface area contributed by atoms with Crippen LogP contribution in [0.3, 0.4) is 0 Å². The second kappa shape index (κ2) is 11.9. The molecule has 0 saturated heterocycles. The first kappa shape index (κ1) is 12.8. The van der Waals surface area contributed by atoms with Crippen molar-refractivity contribution in [1.29, 1.82) is 0 Å². The van der Waals surface area contributed by atoms with Gasteiger partial charge in [-0.1, -0.05) is 27.7 Å². The van der Waals surface area contributed by atoms with Crippen LogP contribution in [0.25, 0.3) is 0 Å². The van der Waals surface area contributed by atoms with E-state index in [1.807, 2.05) is 44.6 Å². The summed E-state index contributed by atoms with van der Waals surface area (Å²) in [6.45, 7) is 11.0. The third-order valence-electron chi connectivity index (χ3n) is 0.883. The van der Waals surface area contributed by atoms with Crippen molar-refractivity contribution in [2.75, 3.05) is 0 Å². The van der Waals surface area contributed by atoms with Gasteiger partial charge < -0.3 is 0 Å². The summed E-state index contributed by atoms with van der Waals surface area (Å²) < 4.78 is 1.88. The van der Waals surface area contributed by atoms with Gasteiger partial charge in [-0.15, -0.1) is 0 Å². The first-order valence-electron chi connectivity index (χ1n) is 4.41. The van der Waals surface area contributed by atoms with E-state index in [1.54, 1.807) is 6.20 Å². The van der Waals surface area contributed by atoms with E-state index < -0.39 is 0 Å². The molecule has 0 fully saturated rings. The summed E-state index contributed by atoms with van der Waals surface area (Å²) in [6.07, 6.45) is 3.73. The zero-order valence-corrected chi connectivity index (χ0v) is 8.33. The van der Waals surface area contributed by atoms with Crippen LogP contribution >= 0.6 is 0 Å². The normalized spacial score (nSPS) is 7.00. The minimum atomic E-state index is 0.965. The van der Waals surface area contributed by atoms with E-state index >= 15 is 0 Å². The molecule has 0 N–H and O–H groups in total. The maximum Gasteiger partial charge on any atom is 0.0489 e. The van der Waals surface area contributed by atoms with Crippen LogP contribution in [0.4, 0.5) is 0 Å². The highest BCUT2D eigenvalue weighted by Gasteiger charge is 1.77. The Hall–Kier alpha value is -0.790. The van der Waals surface area contributed by atoms with E-state index in [0.29, 0.717) is 0 Å². The van der Waals surface area contributed by atoms with Gasteiger partial charge >= 0.3 is 0 Å². The van der Waals surface area contributed by atoms with Crippen LogP contribution in [-0.2, 0) is 6.54 Å². The molecule has 0 amide bonds. The fourth-order valence-corrected chi connectivity index (χ4v) is 0.488. The van der Waals surface area contributed by atoms with Crippen LogP contribution < -0.4 is 0 Å². The second-order valence-corrected chi connectivity index (χ2v) is 1.36. The molecule has 2 heteroatoms. The fraction of sp³-hybridized carbons (Fsp3) is 0.667. The van der Waals surface area contributed by atoms with Crippen LogP contribution in [0.1, 0.15) is 34.6 Å². The lowest BCUT2D eigenvalue weighted by Gasteiger charge is -1.87. The number of aryl methyl sites for hydroxylation is 1. The van der Waals surface area contributed by atoms with Crippen LogP contribution in [0, 0.1) is 0 Å². The molecule has 0 radical (unpaired) electrons. The molecule has 1 aromatic rings. The Balaban J connectivity index is 0. The Morgan fingerprint density at radius 1 is 1.18 bits per heavy atom. The number of aromatic nitrogens is 2. The third-order valence-corrected chi connectivity index (χ3v) is 0.883. The monoisotopic (exact) mass is 156 g/mol. The fourth-order valence-electron chi connectivity index (χ4n) is 0.488. The summed E-state index contributed by atoms with van der Waals surface area (Å²) in [7, 11) is 0. The summed E-state index contributed by atoms with van der Waals surface area (Å²) in [5.74, 6) is 0. The molecule has 0 aliphatic rings. The second-order valence-electron chi connectivity index (χ2n) is 1.36. The Morgan fingerprint density at radius 2 is 1.73 bits per heavy atom. The molecule has 0 aliphatic heterocycles. The van der Waals surface area contributed by atoms with Gasteiger partial charge in [0.15, 0.2) is 0 Å². The molecule has 66 valence electrons. The average Bonchev–Trinajstić information content (AvgIpc) is 2.63. The van der Waals surface area contributed by atoms with Gasteiger partial charge in [-0.25, -0.2) is 0 Å². The molecule has 0 atom stereocenters. The van der Waals surface area contributed by atoms with Gasteiger partial charge in [0.1, 0.15) is 0 Å². The summed E-state index contributed by atoms with van der Waals surface area (Å²) in [5, 5.41) is 3.95. The van der Waals surface area contributed by atoms with Gasteiger partial charge in [0, 0.05) is 18.9 Å². The van der Waals surface area contributed by atoms with Crippen LogP contribution in [0.2, 0.25) is 0 Å². The smallest absolute Gasteiger partial charge is 0.0489 e. The van der Waals surface area contributed by atoms with Crippen molar-refractivity contribution in [3.05, 3.63) is 18.5 Å². The van der Waals surface area contributed by atoms with E-state index in [2.05, 4.69) is 12.0 Å². The quantitative estimate of drug-likeness (QED) is 0.611. The number of rotatable bonds is 1. The van der Waals surface area contributed by atoms with Gasteiger partial charge in [-0.3, -0.25) is 4.68 Å². The van der Waals surface area contributed by atoms with Crippen molar-refractivity contribution in [2.24, 2.45) is 0 Å². The Bertz CT molecular complexity index is 122. The first-order valence-corrected chi connectivity index (χ1v) is 4.41. The predicted molar refractivity (Wildman–Crippen MR) is 50.6 cm³/mol. The summed E-state index contributed by atoms with van der Waals surface area (Å²) in [6, 6.07) is 1.92. The van der Waals surface area contributed by atoms with Crippen LogP contribution in [-0.4, -0.2) is 9.78 Å². The van der Waals surface area contributed by atoms with Crippen molar-refractivity contribution in [3.8, 4) is 0 Å². The average molecular weight is 156 g/mol. The topological polar surface area (TPSA) is 17.8 Å². The summed E-state index contributed by atoms with van der Waals surface area (Å²) in [5.41, 5.74) is 0. The molecule has 1 rings (SSSR count). The van der Waals surface area contributed by atoms with Crippen molar-refractivity contribution in [2.45, 2.75) is 41.2 Å². The highest BCUT2D eigenvalue weighted by Crippen LogP contribution is 1.79. The molecule has 0 bridgehead atoms. The maximum absolute atomic E-state index is 3.95. The maximum atomic E-state index is 3.95. The van der Waals surface area contributed by atoms with Gasteiger partial charge in [0.05, 0.1) is 0 Å². The molecule has 11 heavy (non-hydrogen) atoms. The Kier molecular flexibility index (Phi) is 13.9. The Morgan fingerprint density at radius 3 is 1.91 bits per heavy atom. The minimum Gasteiger partial charge on any atom is -0.273 e. The highest BCUT2D eigenvalue weighted by molar-refractivity contribution is 4.76.